The van der Waals surface area contributed by atoms with E-state index in [1.54, 1.807) is 28.4 Å². The predicted octanol–water partition coefficient (Wildman–Crippen LogP) is 0.768. The van der Waals surface area contributed by atoms with E-state index in [4.69, 9.17) is 31.6 Å². The molecule has 0 saturated carbocycles. The normalized spacial score (nSPS) is 38.7. The Bertz CT molecular complexity index is 378. The van der Waals surface area contributed by atoms with Gasteiger partial charge in [-0.1, -0.05) is 0 Å². The van der Waals surface area contributed by atoms with Gasteiger partial charge in [-0.05, 0) is 12.5 Å². The molecule has 128 valence electrons. The van der Waals surface area contributed by atoms with Crippen LogP contribution in [0.25, 0.3) is 0 Å². The molecule has 0 bridgehead atoms. The number of hydrogen-bond donors (Lipinski definition) is 0. The predicted molar refractivity (Wildman–Crippen MR) is 81.5 cm³/mol. The summed E-state index contributed by atoms with van der Waals surface area (Å²) in [5.74, 6) is 0. The van der Waals surface area contributed by atoms with E-state index in [1.807, 2.05) is 0 Å². The van der Waals surface area contributed by atoms with Gasteiger partial charge in [0.15, 0.2) is 0 Å². The number of ether oxygens (including phenoxy) is 2. The van der Waals surface area contributed by atoms with Gasteiger partial charge in [0.2, 0.25) is 0 Å². The molecule has 3 saturated heterocycles. The summed E-state index contributed by atoms with van der Waals surface area (Å²) in [5, 5.41) is 0. The molecule has 3 aliphatic heterocycles. The van der Waals surface area contributed by atoms with Gasteiger partial charge in [0, 0.05) is 41.3 Å². The lowest BCUT2D eigenvalue weighted by molar-refractivity contribution is -0.0480. The molecule has 3 fully saturated rings. The van der Waals surface area contributed by atoms with Crippen LogP contribution in [0.4, 0.5) is 0 Å². The highest BCUT2D eigenvalue weighted by atomic mass is 29.3. The van der Waals surface area contributed by atoms with Crippen LogP contribution < -0.4 is 0 Å². The molecule has 0 aromatic rings. The van der Waals surface area contributed by atoms with Gasteiger partial charge in [0.25, 0.3) is 0 Å². The standard InChI is InChI=1S/C13H26O7Si2/c1-14-21(15-2)6-5-13(7-11-9-18-11,8-12-10-19-12)20-22(21,16-3)17-4/h11-12H,5-10H2,1-4H3. The first-order valence-electron chi connectivity index (χ1n) is 7.70. The minimum atomic E-state index is -3.04. The van der Waals surface area contributed by atoms with E-state index in [2.05, 4.69) is 0 Å². The van der Waals surface area contributed by atoms with Gasteiger partial charge < -0.3 is 31.6 Å². The lowest BCUT2D eigenvalue weighted by Crippen LogP contribution is -2.76. The van der Waals surface area contributed by atoms with E-state index in [1.165, 1.54) is 0 Å². The average Bonchev–Trinajstić information content (AvgIpc) is 3.45. The van der Waals surface area contributed by atoms with Crippen molar-refractivity contribution >= 4 is 16.4 Å². The molecule has 7 nitrogen and oxygen atoms in total. The molecule has 2 unspecified atom stereocenters. The zero-order valence-electron chi connectivity index (χ0n) is 13.8. The monoisotopic (exact) mass is 350 g/mol. The smallest absolute Gasteiger partial charge is 0.395 e. The Kier molecular flexibility index (Phi) is 4.81. The minimum Gasteiger partial charge on any atom is -0.395 e. The van der Waals surface area contributed by atoms with E-state index < -0.39 is 16.4 Å². The third-order valence-corrected chi connectivity index (χ3v) is 16.2. The molecule has 0 N–H and O–H groups in total. The van der Waals surface area contributed by atoms with E-state index in [-0.39, 0.29) is 17.8 Å². The highest BCUT2D eigenvalue weighted by molar-refractivity contribution is 7.29. The highest BCUT2D eigenvalue weighted by Gasteiger charge is 2.72. The topological polar surface area (TPSA) is 71.2 Å². The molecule has 0 aromatic heterocycles. The fraction of sp³-hybridized carbons (Fsp3) is 1.00. The first-order chi connectivity index (χ1) is 10.6. The van der Waals surface area contributed by atoms with Crippen LogP contribution in [0.2, 0.25) is 6.04 Å². The van der Waals surface area contributed by atoms with Crippen molar-refractivity contribution in [1.29, 1.82) is 0 Å². The number of epoxide rings is 2. The van der Waals surface area contributed by atoms with Gasteiger partial charge in [-0.25, -0.2) is 0 Å². The quantitative estimate of drug-likeness (QED) is 0.473. The van der Waals surface area contributed by atoms with Crippen molar-refractivity contribution in [1.82, 2.24) is 0 Å². The fourth-order valence-electron chi connectivity index (χ4n) is 3.55. The second-order valence-corrected chi connectivity index (χ2v) is 15.3. The van der Waals surface area contributed by atoms with Crippen molar-refractivity contribution in [2.75, 3.05) is 41.7 Å². The first kappa shape index (κ1) is 17.0. The van der Waals surface area contributed by atoms with Crippen molar-refractivity contribution in [3.05, 3.63) is 0 Å². The van der Waals surface area contributed by atoms with Gasteiger partial charge in [0.1, 0.15) is 0 Å². The largest absolute Gasteiger partial charge is 0.539 e. The molecule has 3 rings (SSSR count). The van der Waals surface area contributed by atoms with Crippen LogP contribution in [0, 0.1) is 0 Å². The summed E-state index contributed by atoms with van der Waals surface area (Å²) in [6.45, 7) is 1.62. The lowest BCUT2D eigenvalue weighted by Gasteiger charge is -2.50. The van der Waals surface area contributed by atoms with Crippen LogP contribution in [0.1, 0.15) is 19.3 Å². The summed E-state index contributed by atoms with van der Waals surface area (Å²) in [4.78, 5) is 0. The summed E-state index contributed by atoms with van der Waals surface area (Å²) >= 11 is 0. The summed E-state index contributed by atoms with van der Waals surface area (Å²) in [7, 11) is 0.886. The summed E-state index contributed by atoms with van der Waals surface area (Å²) < 4.78 is 40.7. The number of hydrogen-bond acceptors (Lipinski definition) is 7. The van der Waals surface area contributed by atoms with E-state index in [0.29, 0.717) is 0 Å². The maximum Gasteiger partial charge on any atom is 0.539 e. The maximum atomic E-state index is 6.61. The Balaban J connectivity index is 1.86. The molecule has 0 aromatic carbocycles. The summed E-state index contributed by atoms with van der Waals surface area (Å²) in [6.07, 6.45) is 3.12. The number of rotatable bonds is 8. The third-order valence-electron chi connectivity index (χ3n) is 4.93. The average molecular weight is 351 g/mol. The summed E-state index contributed by atoms with van der Waals surface area (Å²) in [5.41, 5.74) is -0.325. The molecule has 0 aliphatic carbocycles. The molecule has 22 heavy (non-hydrogen) atoms. The van der Waals surface area contributed by atoms with Crippen molar-refractivity contribution in [3.8, 4) is 0 Å². The molecule has 3 heterocycles. The molecular weight excluding hydrogens is 324 g/mol. The van der Waals surface area contributed by atoms with Crippen LogP contribution in [0.3, 0.4) is 0 Å². The van der Waals surface area contributed by atoms with Crippen molar-refractivity contribution in [2.24, 2.45) is 0 Å². The SMILES string of the molecule is CO[Si]1(OC)CCC(CC2CO2)(CC2CO2)O[Si]1(OC)OC. The first-order valence-corrected chi connectivity index (χ1v) is 12.5. The minimum absolute atomic E-state index is 0.276. The van der Waals surface area contributed by atoms with Gasteiger partial charge in [0.05, 0.1) is 31.0 Å². The van der Waals surface area contributed by atoms with Gasteiger partial charge in [-0.3, -0.25) is 0 Å². The second-order valence-electron chi connectivity index (χ2n) is 6.23. The molecule has 0 spiro atoms. The lowest BCUT2D eigenvalue weighted by atomic mass is 9.89. The Morgan fingerprint density at radius 1 is 0.909 bits per heavy atom. The zero-order chi connectivity index (χ0) is 15.8. The van der Waals surface area contributed by atoms with Crippen LogP contribution >= 0.6 is 0 Å². The van der Waals surface area contributed by atoms with E-state index >= 15 is 0 Å². The van der Waals surface area contributed by atoms with Crippen LogP contribution in [-0.4, -0.2) is 75.9 Å². The molecule has 2 atom stereocenters. The third kappa shape index (κ3) is 2.94. The fourth-order valence-corrected chi connectivity index (χ4v) is 13.4. The Hall–Kier alpha value is 0.154. The highest BCUT2D eigenvalue weighted by Crippen LogP contribution is 2.47. The molecule has 0 amide bonds. The summed E-state index contributed by atoms with van der Waals surface area (Å²) in [6, 6.07) is 0.799. The molecule has 3 aliphatic rings. The van der Waals surface area contributed by atoms with Crippen LogP contribution in [0.15, 0.2) is 0 Å². The Morgan fingerprint density at radius 3 is 1.77 bits per heavy atom. The zero-order valence-corrected chi connectivity index (χ0v) is 15.8. The Labute approximate surface area is 133 Å². The maximum absolute atomic E-state index is 6.61. The van der Waals surface area contributed by atoms with Crippen molar-refractivity contribution in [2.45, 2.75) is 43.1 Å². The van der Waals surface area contributed by atoms with Crippen LogP contribution in [0.5, 0.6) is 0 Å². The molecular formula is C13H26O7Si2. The van der Waals surface area contributed by atoms with E-state index in [0.717, 1.165) is 38.5 Å². The molecule has 0 radical (unpaired) electrons. The van der Waals surface area contributed by atoms with E-state index in [9.17, 15) is 0 Å². The van der Waals surface area contributed by atoms with Gasteiger partial charge in [-0.15, -0.1) is 0 Å². The Morgan fingerprint density at radius 2 is 1.41 bits per heavy atom. The molecule has 9 heteroatoms. The van der Waals surface area contributed by atoms with Crippen molar-refractivity contribution in [3.63, 3.8) is 0 Å². The van der Waals surface area contributed by atoms with Crippen LogP contribution in [-0.2, 0) is 31.6 Å². The van der Waals surface area contributed by atoms with Gasteiger partial charge in [-0.2, -0.15) is 0 Å². The second kappa shape index (κ2) is 6.22. The van der Waals surface area contributed by atoms with Crippen molar-refractivity contribution < 1.29 is 31.6 Å². The van der Waals surface area contributed by atoms with Gasteiger partial charge >= 0.3 is 16.4 Å².